The Hall–Kier alpha value is -2.37. The van der Waals surface area contributed by atoms with Crippen LogP contribution in [-0.2, 0) is 14.4 Å². The number of amides is 2. The molecule has 0 spiro atoms. The van der Waals surface area contributed by atoms with Crippen molar-refractivity contribution in [2.45, 2.75) is 32.8 Å². The molecule has 0 saturated carbocycles. The zero-order valence-electron chi connectivity index (χ0n) is 11.3. The molecule has 0 N–H and O–H groups in total. The van der Waals surface area contributed by atoms with Crippen LogP contribution in [0.1, 0.15) is 37.0 Å². The summed E-state index contributed by atoms with van der Waals surface area (Å²) in [5.41, 5.74) is 0.175. The van der Waals surface area contributed by atoms with Gasteiger partial charge in [0.2, 0.25) is 0 Å². The minimum Gasteiger partial charge on any atom is -0.490 e. The first kappa shape index (κ1) is 14.0. The maximum atomic E-state index is 12.0. The highest BCUT2D eigenvalue weighted by Gasteiger charge is 2.33. The Kier molecular flexibility index (Phi) is 4.02. The second kappa shape index (κ2) is 5.73. The average molecular weight is 277 g/mol. The Balaban J connectivity index is 2.17. The molecule has 0 atom stereocenters. The lowest BCUT2D eigenvalue weighted by Crippen LogP contribution is -2.32. The highest BCUT2D eigenvalue weighted by atomic mass is 16.7. The summed E-state index contributed by atoms with van der Waals surface area (Å²) in [6.07, 6.45) is 0.0194. The lowest BCUT2D eigenvalue weighted by atomic mass is 10.2. The number of nitrogens with zero attached hydrogens (tertiary/aromatic N) is 1. The number of carbonyl (C=O) groups excluding carboxylic acids is 3. The SMILES string of the molecule is CC(C)Oc1ccccc1C(=O)ON1C(=O)CCC1=O. The van der Waals surface area contributed by atoms with E-state index in [1.807, 2.05) is 13.8 Å². The number of ether oxygens (including phenoxy) is 1. The van der Waals surface area contributed by atoms with Gasteiger partial charge in [0.05, 0.1) is 6.10 Å². The second-order valence-electron chi connectivity index (χ2n) is 4.62. The Morgan fingerprint density at radius 2 is 1.75 bits per heavy atom. The number of hydroxylamine groups is 2. The average Bonchev–Trinajstić information content (AvgIpc) is 2.70. The van der Waals surface area contributed by atoms with E-state index < -0.39 is 17.8 Å². The molecule has 0 aliphatic carbocycles. The van der Waals surface area contributed by atoms with Gasteiger partial charge >= 0.3 is 5.97 Å². The van der Waals surface area contributed by atoms with Crippen LogP contribution < -0.4 is 4.74 Å². The van der Waals surface area contributed by atoms with E-state index in [0.29, 0.717) is 10.8 Å². The van der Waals surface area contributed by atoms with Crippen LogP contribution >= 0.6 is 0 Å². The summed E-state index contributed by atoms with van der Waals surface area (Å²) in [7, 11) is 0. The van der Waals surface area contributed by atoms with Gasteiger partial charge in [0.15, 0.2) is 0 Å². The van der Waals surface area contributed by atoms with Crippen LogP contribution in [0.25, 0.3) is 0 Å². The molecule has 2 rings (SSSR count). The molecule has 1 aliphatic heterocycles. The van der Waals surface area contributed by atoms with Crippen LogP contribution in [0.4, 0.5) is 0 Å². The number of carbonyl (C=O) groups is 3. The first-order chi connectivity index (χ1) is 9.49. The molecule has 0 radical (unpaired) electrons. The molecule has 106 valence electrons. The molecule has 1 aromatic rings. The molecule has 2 amide bonds. The Bertz CT molecular complexity index is 536. The van der Waals surface area contributed by atoms with Crippen LogP contribution in [0.5, 0.6) is 5.75 Å². The lowest BCUT2D eigenvalue weighted by Gasteiger charge is -2.16. The van der Waals surface area contributed by atoms with Crippen molar-refractivity contribution in [2.24, 2.45) is 0 Å². The minimum absolute atomic E-state index is 0.0657. The van der Waals surface area contributed by atoms with Crippen molar-refractivity contribution in [2.75, 3.05) is 0 Å². The number of rotatable bonds is 4. The summed E-state index contributed by atoms with van der Waals surface area (Å²) >= 11 is 0. The topological polar surface area (TPSA) is 72.9 Å². The fourth-order valence-electron chi connectivity index (χ4n) is 1.78. The first-order valence-electron chi connectivity index (χ1n) is 6.33. The number of para-hydroxylation sites is 1. The van der Waals surface area contributed by atoms with Crippen molar-refractivity contribution in [3.63, 3.8) is 0 Å². The van der Waals surface area contributed by atoms with Crippen molar-refractivity contribution in [1.29, 1.82) is 0 Å². The zero-order valence-corrected chi connectivity index (χ0v) is 11.3. The number of hydrogen-bond donors (Lipinski definition) is 0. The zero-order chi connectivity index (χ0) is 14.7. The van der Waals surface area contributed by atoms with Gasteiger partial charge < -0.3 is 9.57 Å². The van der Waals surface area contributed by atoms with Crippen molar-refractivity contribution < 1.29 is 24.0 Å². The maximum absolute atomic E-state index is 12.0. The fraction of sp³-hybridized carbons (Fsp3) is 0.357. The molecule has 0 unspecified atom stereocenters. The normalized spacial score (nSPS) is 14.8. The van der Waals surface area contributed by atoms with Crippen molar-refractivity contribution in [3.05, 3.63) is 29.8 Å². The minimum atomic E-state index is -0.787. The highest BCUT2D eigenvalue weighted by molar-refractivity contribution is 6.03. The van der Waals surface area contributed by atoms with Crippen LogP contribution in [0, 0.1) is 0 Å². The molecule has 0 aromatic heterocycles. The summed E-state index contributed by atoms with van der Waals surface area (Å²) in [6.45, 7) is 3.66. The highest BCUT2D eigenvalue weighted by Crippen LogP contribution is 2.22. The fourth-order valence-corrected chi connectivity index (χ4v) is 1.78. The van der Waals surface area contributed by atoms with Gasteiger partial charge in [-0.1, -0.05) is 12.1 Å². The van der Waals surface area contributed by atoms with Gasteiger partial charge in [-0.25, -0.2) is 4.79 Å². The molecule has 1 saturated heterocycles. The summed E-state index contributed by atoms with van der Waals surface area (Å²) in [4.78, 5) is 39.7. The number of benzene rings is 1. The number of hydrogen-bond acceptors (Lipinski definition) is 5. The van der Waals surface area contributed by atoms with E-state index in [0.717, 1.165) is 0 Å². The summed E-state index contributed by atoms with van der Waals surface area (Å²) < 4.78 is 5.50. The smallest absolute Gasteiger partial charge is 0.367 e. The third kappa shape index (κ3) is 2.96. The molecular formula is C14H15NO5. The van der Waals surface area contributed by atoms with Crippen molar-refractivity contribution >= 4 is 17.8 Å². The van der Waals surface area contributed by atoms with E-state index in [-0.39, 0.29) is 24.5 Å². The van der Waals surface area contributed by atoms with Gasteiger partial charge in [-0.2, -0.15) is 0 Å². The molecule has 6 heteroatoms. The molecule has 0 bridgehead atoms. The molecule has 6 nitrogen and oxygen atoms in total. The van der Waals surface area contributed by atoms with E-state index in [1.165, 1.54) is 6.07 Å². The van der Waals surface area contributed by atoms with Crippen LogP contribution in [0.3, 0.4) is 0 Å². The van der Waals surface area contributed by atoms with Gasteiger partial charge in [-0.05, 0) is 26.0 Å². The Morgan fingerprint density at radius 1 is 1.15 bits per heavy atom. The Labute approximate surface area is 116 Å². The molecule has 1 aliphatic rings. The standard InChI is InChI=1S/C14H15NO5/c1-9(2)19-11-6-4-3-5-10(11)14(18)20-15-12(16)7-8-13(15)17/h3-6,9H,7-8H2,1-2H3. The summed E-state index contributed by atoms with van der Waals surface area (Å²) in [5.74, 6) is -1.45. The van der Waals surface area contributed by atoms with E-state index >= 15 is 0 Å². The number of imide groups is 1. The van der Waals surface area contributed by atoms with E-state index in [2.05, 4.69) is 0 Å². The van der Waals surface area contributed by atoms with E-state index in [9.17, 15) is 14.4 Å². The molecule has 1 aromatic carbocycles. The van der Waals surface area contributed by atoms with Gasteiger partial charge in [0.25, 0.3) is 11.8 Å². The van der Waals surface area contributed by atoms with Crippen LogP contribution in [0.15, 0.2) is 24.3 Å². The van der Waals surface area contributed by atoms with E-state index in [1.54, 1.807) is 18.2 Å². The third-order valence-corrected chi connectivity index (χ3v) is 2.65. The molecule has 1 heterocycles. The molecule has 1 fully saturated rings. The second-order valence-corrected chi connectivity index (χ2v) is 4.62. The quantitative estimate of drug-likeness (QED) is 0.783. The Morgan fingerprint density at radius 3 is 2.35 bits per heavy atom. The summed E-state index contributed by atoms with van der Waals surface area (Å²) in [6, 6.07) is 6.52. The van der Waals surface area contributed by atoms with Gasteiger partial charge in [-0.3, -0.25) is 9.59 Å². The summed E-state index contributed by atoms with van der Waals surface area (Å²) in [5, 5.41) is 0.522. The van der Waals surface area contributed by atoms with Crippen molar-refractivity contribution in [3.8, 4) is 5.75 Å². The third-order valence-electron chi connectivity index (χ3n) is 2.65. The molecule has 20 heavy (non-hydrogen) atoms. The largest absolute Gasteiger partial charge is 0.490 e. The van der Waals surface area contributed by atoms with Crippen LogP contribution in [0.2, 0.25) is 0 Å². The lowest BCUT2D eigenvalue weighted by molar-refractivity contribution is -0.172. The predicted octanol–water partition coefficient (Wildman–Crippen LogP) is 1.69. The predicted molar refractivity (Wildman–Crippen MR) is 68.7 cm³/mol. The van der Waals surface area contributed by atoms with Gasteiger partial charge in [0.1, 0.15) is 11.3 Å². The van der Waals surface area contributed by atoms with Crippen molar-refractivity contribution in [1.82, 2.24) is 5.06 Å². The van der Waals surface area contributed by atoms with Crippen LogP contribution in [-0.4, -0.2) is 29.0 Å². The van der Waals surface area contributed by atoms with E-state index in [4.69, 9.17) is 9.57 Å². The first-order valence-corrected chi connectivity index (χ1v) is 6.33. The monoisotopic (exact) mass is 277 g/mol. The molecular weight excluding hydrogens is 262 g/mol. The van der Waals surface area contributed by atoms with Gasteiger partial charge in [0, 0.05) is 12.8 Å². The maximum Gasteiger partial charge on any atom is 0.367 e. The van der Waals surface area contributed by atoms with Gasteiger partial charge in [-0.15, -0.1) is 5.06 Å².